The maximum absolute atomic E-state index is 11.8. The van der Waals surface area contributed by atoms with E-state index in [2.05, 4.69) is 4.74 Å². The van der Waals surface area contributed by atoms with Crippen molar-refractivity contribution in [3.8, 4) is 0 Å². The Bertz CT molecular complexity index is 147. The number of carbonyl (C=O) groups is 1. The molecule has 0 amide bonds. The van der Waals surface area contributed by atoms with Crippen LogP contribution in [0.3, 0.4) is 0 Å². The molecule has 58 valence electrons. The number of ether oxygens (including phenoxy) is 1. The molecular weight excluding hydrogens is 149 g/mol. The molecule has 1 atom stereocenters. The highest BCUT2D eigenvalue weighted by molar-refractivity contribution is 5.65. The minimum Gasteiger partial charge on any atom is -0.359 e. The lowest BCUT2D eigenvalue weighted by Gasteiger charge is -2.37. The maximum atomic E-state index is 11.8. The predicted octanol–water partition coefficient (Wildman–Crippen LogP) is 0.907. The van der Waals surface area contributed by atoms with Crippen molar-refractivity contribution in [2.45, 2.75) is 18.2 Å². The van der Waals surface area contributed by atoms with Crippen molar-refractivity contribution >= 4 is 6.29 Å². The molecule has 1 unspecified atom stereocenters. The highest BCUT2D eigenvalue weighted by Crippen LogP contribution is 2.40. The smallest absolute Gasteiger partial charge is 0.359 e. The molecule has 0 aliphatic carbocycles. The Balaban J connectivity index is 2.74. The summed E-state index contributed by atoms with van der Waals surface area (Å²) in [5.41, 5.74) is -2.48. The summed E-state index contributed by atoms with van der Waals surface area (Å²) < 4.78 is 39.5. The Morgan fingerprint density at radius 3 is 2.00 bits per heavy atom. The van der Waals surface area contributed by atoms with E-state index in [1.807, 2.05) is 0 Å². The molecule has 1 aliphatic rings. The first kappa shape index (κ1) is 7.53. The van der Waals surface area contributed by atoms with Crippen LogP contribution in [-0.2, 0) is 9.53 Å². The highest BCUT2D eigenvalue weighted by atomic mass is 19.4. The average Bonchev–Trinajstić information content (AvgIpc) is 1.58. The van der Waals surface area contributed by atoms with E-state index in [0.29, 0.717) is 0 Å². The fourth-order valence-electron chi connectivity index (χ4n) is 0.705. The van der Waals surface area contributed by atoms with E-state index in [9.17, 15) is 18.0 Å². The van der Waals surface area contributed by atoms with Crippen molar-refractivity contribution in [2.24, 2.45) is 0 Å². The normalized spacial score (nSPS) is 33.1. The number of hydrogen-bond donors (Lipinski definition) is 0. The molecule has 0 aromatic rings. The van der Waals surface area contributed by atoms with Gasteiger partial charge in [-0.3, -0.25) is 4.79 Å². The third-order valence-corrected chi connectivity index (χ3v) is 1.50. The molecule has 1 fully saturated rings. The first-order valence-corrected chi connectivity index (χ1v) is 2.69. The molecule has 0 aromatic heterocycles. The number of rotatable bonds is 1. The molecule has 1 heterocycles. The van der Waals surface area contributed by atoms with E-state index >= 15 is 0 Å². The van der Waals surface area contributed by atoms with E-state index in [-0.39, 0.29) is 19.3 Å². The standard InChI is InChI=1S/C5H5F3O2/c6-5(7,8)4(3-9)1-2-10-4/h3H,1-2H2. The molecule has 0 radical (unpaired) electrons. The summed E-state index contributed by atoms with van der Waals surface area (Å²) in [5.74, 6) is 0. The van der Waals surface area contributed by atoms with Crippen molar-refractivity contribution < 1.29 is 22.7 Å². The zero-order chi connectivity index (χ0) is 7.83. The van der Waals surface area contributed by atoms with E-state index in [1.54, 1.807) is 0 Å². The van der Waals surface area contributed by atoms with Gasteiger partial charge in [-0.05, 0) is 0 Å². The minimum atomic E-state index is -4.55. The van der Waals surface area contributed by atoms with Crippen molar-refractivity contribution in [1.29, 1.82) is 0 Å². The fourth-order valence-corrected chi connectivity index (χ4v) is 0.705. The number of alkyl halides is 3. The quantitative estimate of drug-likeness (QED) is 0.524. The Morgan fingerprint density at radius 2 is 2.00 bits per heavy atom. The van der Waals surface area contributed by atoms with Crippen LogP contribution in [0.2, 0.25) is 0 Å². The Morgan fingerprint density at radius 1 is 1.50 bits per heavy atom. The summed E-state index contributed by atoms with van der Waals surface area (Å²) >= 11 is 0. The van der Waals surface area contributed by atoms with Gasteiger partial charge in [0.2, 0.25) is 5.60 Å². The van der Waals surface area contributed by atoms with E-state index < -0.39 is 11.8 Å². The third kappa shape index (κ3) is 0.811. The van der Waals surface area contributed by atoms with Crippen LogP contribution in [0, 0.1) is 0 Å². The largest absolute Gasteiger partial charge is 0.424 e. The summed E-state index contributed by atoms with van der Waals surface area (Å²) in [7, 11) is 0. The SMILES string of the molecule is O=CC1(C(F)(F)F)CCO1. The third-order valence-electron chi connectivity index (χ3n) is 1.50. The van der Waals surface area contributed by atoms with Crippen molar-refractivity contribution in [3.05, 3.63) is 0 Å². The monoisotopic (exact) mass is 154 g/mol. The van der Waals surface area contributed by atoms with Crippen molar-refractivity contribution in [1.82, 2.24) is 0 Å². The number of aldehydes is 1. The zero-order valence-electron chi connectivity index (χ0n) is 4.94. The second-order valence-corrected chi connectivity index (χ2v) is 2.10. The molecule has 1 rings (SSSR count). The van der Waals surface area contributed by atoms with Gasteiger partial charge in [-0.2, -0.15) is 13.2 Å². The summed E-state index contributed by atoms with van der Waals surface area (Å²) in [6.07, 6.45) is -4.98. The molecule has 0 spiro atoms. The van der Waals surface area contributed by atoms with Crippen LogP contribution in [0.4, 0.5) is 13.2 Å². The molecule has 5 heteroatoms. The van der Waals surface area contributed by atoms with Gasteiger partial charge >= 0.3 is 6.18 Å². The van der Waals surface area contributed by atoms with E-state index in [4.69, 9.17) is 0 Å². The molecule has 0 N–H and O–H groups in total. The summed E-state index contributed by atoms with van der Waals surface area (Å²) in [4.78, 5) is 9.91. The maximum Gasteiger partial charge on any atom is 0.424 e. The van der Waals surface area contributed by atoms with Crippen LogP contribution in [0.15, 0.2) is 0 Å². The molecule has 2 nitrogen and oxygen atoms in total. The topological polar surface area (TPSA) is 26.3 Å². The van der Waals surface area contributed by atoms with Gasteiger partial charge < -0.3 is 4.74 Å². The first-order chi connectivity index (χ1) is 4.52. The molecule has 0 bridgehead atoms. The van der Waals surface area contributed by atoms with Gasteiger partial charge in [0, 0.05) is 6.42 Å². The number of carbonyl (C=O) groups excluding carboxylic acids is 1. The second-order valence-electron chi connectivity index (χ2n) is 2.10. The number of hydrogen-bond acceptors (Lipinski definition) is 2. The van der Waals surface area contributed by atoms with Crippen molar-refractivity contribution in [2.75, 3.05) is 6.61 Å². The van der Waals surface area contributed by atoms with Crippen LogP contribution in [0.5, 0.6) is 0 Å². The predicted molar refractivity (Wildman–Crippen MR) is 25.4 cm³/mol. The van der Waals surface area contributed by atoms with Crippen LogP contribution in [-0.4, -0.2) is 24.7 Å². The van der Waals surface area contributed by atoms with Gasteiger partial charge in [0.25, 0.3) is 0 Å². The Kier molecular flexibility index (Phi) is 1.47. The van der Waals surface area contributed by atoms with Crippen LogP contribution in [0.1, 0.15) is 6.42 Å². The van der Waals surface area contributed by atoms with Crippen LogP contribution >= 0.6 is 0 Å². The molecule has 0 aromatic carbocycles. The van der Waals surface area contributed by atoms with Crippen LogP contribution < -0.4 is 0 Å². The molecule has 10 heavy (non-hydrogen) atoms. The van der Waals surface area contributed by atoms with E-state index in [1.165, 1.54) is 0 Å². The summed E-state index contributed by atoms with van der Waals surface area (Å²) in [5, 5.41) is 0. The average molecular weight is 154 g/mol. The van der Waals surface area contributed by atoms with E-state index in [0.717, 1.165) is 0 Å². The first-order valence-electron chi connectivity index (χ1n) is 2.69. The minimum absolute atomic E-state index is 0.0122. The lowest BCUT2D eigenvalue weighted by molar-refractivity contribution is -0.302. The lowest BCUT2D eigenvalue weighted by Crippen LogP contribution is -2.56. The summed E-state index contributed by atoms with van der Waals surface area (Å²) in [6.45, 7) is 0.0122. The summed E-state index contributed by atoms with van der Waals surface area (Å²) in [6, 6.07) is 0. The second kappa shape index (κ2) is 1.95. The van der Waals surface area contributed by atoms with Crippen LogP contribution in [0.25, 0.3) is 0 Å². The van der Waals surface area contributed by atoms with Crippen molar-refractivity contribution in [3.63, 3.8) is 0 Å². The number of halogens is 3. The highest BCUT2D eigenvalue weighted by Gasteiger charge is 2.60. The molecular formula is C5H5F3O2. The molecule has 0 saturated carbocycles. The van der Waals surface area contributed by atoms with Gasteiger partial charge in [0.05, 0.1) is 6.61 Å². The van der Waals surface area contributed by atoms with Gasteiger partial charge in [0.15, 0.2) is 6.29 Å². The zero-order valence-corrected chi connectivity index (χ0v) is 4.94. The van der Waals surface area contributed by atoms with Gasteiger partial charge in [-0.15, -0.1) is 0 Å². The Hall–Kier alpha value is -0.580. The Labute approximate surface area is 55.0 Å². The van der Waals surface area contributed by atoms with Gasteiger partial charge in [-0.1, -0.05) is 0 Å². The fraction of sp³-hybridized carbons (Fsp3) is 0.800. The van der Waals surface area contributed by atoms with Gasteiger partial charge in [0.1, 0.15) is 0 Å². The van der Waals surface area contributed by atoms with Gasteiger partial charge in [-0.25, -0.2) is 0 Å². The lowest BCUT2D eigenvalue weighted by atomic mass is 9.96. The molecule has 1 saturated heterocycles. The molecule has 1 aliphatic heterocycles.